The van der Waals surface area contributed by atoms with E-state index in [-0.39, 0.29) is 18.4 Å². The second kappa shape index (κ2) is 8.68. The zero-order valence-corrected chi connectivity index (χ0v) is 15.9. The Bertz CT molecular complexity index is 890. The molecule has 3 rings (SSSR count). The third-order valence-corrected chi connectivity index (χ3v) is 4.01. The molecule has 1 heterocycles. The number of rotatable bonds is 7. The van der Waals surface area contributed by atoms with Crippen LogP contribution in [0, 0.1) is 0 Å². The van der Waals surface area contributed by atoms with Gasteiger partial charge in [-0.25, -0.2) is 0 Å². The average Bonchev–Trinajstić information content (AvgIpc) is 3.12. The maximum Gasteiger partial charge on any atom is 0.262 e. The molecule has 0 bridgehead atoms. The molecule has 1 N–H and O–H groups in total. The Morgan fingerprint density at radius 1 is 1.15 bits per heavy atom. The van der Waals surface area contributed by atoms with Crippen LogP contribution in [0.15, 0.2) is 53.1 Å². The van der Waals surface area contributed by atoms with E-state index in [9.17, 15) is 4.79 Å². The van der Waals surface area contributed by atoms with Crippen molar-refractivity contribution in [3.8, 4) is 5.75 Å². The largest absolute Gasteiger partial charge is 0.484 e. The van der Waals surface area contributed by atoms with Crippen molar-refractivity contribution in [1.29, 1.82) is 0 Å². The number of halogens is 1. The zero-order chi connectivity index (χ0) is 19.2. The molecular weight excluding hydrogens is 366 g/mol. The summed E-state index contributed by atoms with van der Waals surface area (Å²) in [5.41, 5.74) is 1.72. The minimum Gasteiger partial charge on any atom is -0.484 e. The van der Waals surface area contributed by atoms with Crippen LogP contribution in [-0.4, -0.2) is 22.7 Å². The Morgan fingerprint density at radius 2 is 1.85 bits per heavy atom. The van der Waals surface area contributed by atoms with Crippen LogP contribution in [0.2, 0.25) is 5.02 Å². The highest BCUT2D eigenvalue weighted by Gasteiger charge is 2.10. The quantitative estimate of drug-likeness (QED) is 0.649. The molecule has 0 aliphatic rings. The number of aromatic nitrogens is 2. The minimum atomic E-state index is -0.238. The van der Waals surface area contributed by atoms with Crippen molar-refractivity contribution in [2.45, 2.75) is 26.2 Å². The molecule has 2 aromatic carbocycles. The third kappa shape index (κ3) is 5.56. The number of nitrogens with one attached hydrogen (secondary N) is 1. The standard InChI is InChI=1S/C20H20ClN3O3/c1-13(2)20-23-18(24-27-20)11-14-3-7-16(8-4-14)22-19(25)12-26-17-9-5-15(21)6-10-17/h3-10,13H,11-12H2,1-2H3,(H,22,25). The van der Waals surface area contributed by atoms with E-state index in [2.05, 4.69) is 15.5 Å². The summed E-state index contributed by atoms with van der Waals surface area (Å²) < 4.78 is 10.6. The van der Waals surface area contributed by atoms with Crippen LogP contribution < -0.4 is 10.1 Å². The highest BCUT2D eigenvalue weighted by Crippen LogP contribution is 2.17. The molecule has 0 aliphatic heterocycles. The van der Waals surface area contributed by atoms with Crippen molar-refractivity contribution in [3.05, 3.63) is 70.8 Å². The number of ether oxygens (including phenoxy) is 1. The van der Waals surface area contributed by atoms with Gasteiger partial charge in [-0.15, -0.1) is 0 Å². The molecule has 140 valence electrons. The summed E-state index contributed by atoms with van der Waals surface area (Å²) >= 11 is 5.81. The van der Waals surface area contributed by atoms with E-state index in [1.54, 1.807) is 24.3 Å². The molecule has 3 aromatic rings. The molecule has 0 radical (unpaired) electrons. The van der Waals surface area contributed by atoms with Crippen LogP contribution in [0.5, 0.6) is 5.75 Å². The molecule has 0 aliphatic carbocycles. The lowest BCUT2D eigenvalue weighted by Crippen LogP contribution is -2.20. The van der Waals surface area contributed by atoms with Crippen LogP contribution in [-0.2, 0) is 11.2 Å². The molecule has 0 atom stereocenters. The van der Waals surface area contributed by atoms with Gasteiger partial charge in [-0.2, -0.15) is 4.98 Å². The summed E-state index contributed by atoms with van der Waals surface area (Å²) in [6, 6.07) is 14.4. The Morgan fingerprint density at radius 3 is 2.48 bits per heavy atom. The number of hydrogen-bond donors (Lipinski definition) is 1. The van der Waals surface area contributed by atoms with Gasteiger partial charge in [0.15, 0.2) is 12.4 Å². The van der Waals surface area contributed by atoms with Gasteiger partial charge in [-0.05, 0) is 42.0 Å². The van der Waals surface area contributed by atoms with Crippen LogP contribution in [0.1, 0.15) is 37.0 Å². The fraction of sp³-hybridized carbons (Fsp3) is 0.250. The molecule has 0 saturated heterocycles. The SMILES string of the molecule is CC(C)c1nc(Cc2ccc(NC(=O)COc3ccc(Cl)cc3)cc2)no1. The lowest BCUT2D eigenvalue weighted by Gasteiger charge is -2.08. The molecule has 1 aromatic heterocycles. The third-order valence-electron chi connectivity index (χ3n) is 3.76. The lowest BCUT2D eigenvalue weighted by atomic mass is 10.1. The van der Waals surface area contributed by atoms with E-state index in [1.165, 1.54) is 0 Å². The van der Waals surface area contributed by atoms with Crippen molar-refractivity contribution >= 4 is 23.2 Å². The predicted molar refractivity (Wildman–Crippen MR) is 103 cm³/mol. The van der Waals surface area contributed by atoms with Gasteiger partial charge in [-0.1, -0.05) is 42.7 Å². The second-order valence-electron chi connectivity index (χ2n) is 6.37. The van der Waals surface area contributed by atoms with E-state index in [1.807, 2.05) is 38.1 Å². The number of hydrogen-bond acceptors (Lipinski definition) is 5. The summed E-state index contributed by atoms with van der Waals surface area (Å²) in [5.74, 6) is 1.84. The maximum atomic E-state index is 12.0. The first kappa shape index (κ1) is 18.9. The maximum absolute atomic E-state index is 12.0. The number of carbonyl (C=O) groups excluding carboxylic acids is 1. The minimum absolute atomic E-state index is 0.0791. The Balaban J connectivity index is 1.50. The van der Waals surface area contributed by atoms with Gasteiger partial charge in [0.2, 0.25) is 5.89 Å². The number of anilines is 1. The molecule has 1 amide bonds. The Labute approximate surface area is 162 Å². The highest BCUT2D eigenvalue weighted by atomic mass is 35.5. The fourth-order valence-electron chi connectivity index (χ4n) is 2.34. The van der Waals surface area contributed by atoms with Gasteiger partial charge in [0.25, 0.3) is 5.91 Å². The smallest absolute Gasteiger partial charge is 0.262 e. The van der Waals surface area contributed by atoms with E-state index in [0.717, 1.165) is 5.56 Å². The number of nitrogens with zero attached hydrogens (tertiary/aromatic N) is 2. The molecule has 7 heteroatoms. The lowest BCUT2D eigenvalue weighted by molar-refractivity contribution is -0.118. The summed E-state index contributed by atoms with van der Waals surface area (Å²) in [6.45, 7) is 3.93. The van der Waals surface area contributed by atoms with Crippen molar-refractivity contribution in [1.82, 2.24) is 10.1 Å². The first-order valence-corrected chi connectivity index (χ1v) is 8.97. The van der Waals surface area contributed by atoms with Gasteiger partial charge in [-0.3, -0.25) is 4.79 Å². The Kier molecular flexibility index (Phi) is 6.08. The van der Waals surface area contributed by atoms with Crippen molar-refractivity contribution in [2.75, 3.05) is 11.9 Å². The number of carbonyl (C=O) groups is 1. The van der Waals surface area contributed by atoms with E-state index in [4.69, 9.17) is 20.9 Å². The van der Waals surface area contributed by atoms with Crippen molar-refractivity contribution < 1.29 is 14.1 Å². The summed E-state index contributed by atoms with van der Waals surface area (Å²) in [4.78, 5) is 16.4. The predicted octanol–water partition coefficient (Wildman–Crippen LogP) is 4.45. The Hall–Kier alpha value is -2.86. The van der Waals surface area contributed by atoms with Crippen LogP contribution >= 0.6 is 11.6 Å². The van der Waals surface area contributed by atoms with Crippen LogP contribution in [0.4, 0.5) is 5.69 Å². The first-order chi connectivity index (χ1) is 13.0. The monoisotopic (exact) mass is 385 g/mol. The van der Waals surface area contributed by atoms with E-state index >= 15 is 0 Å². The highest BCUT2D eigenvalue weighted by molar-refractivity contribution is 6.30. The van der Waals surface area contributed by atoms with Crippen LogP contribution in [0.3, 0.4) is 0 Å². The first-order valence-electron chi connectivity index (χ1n) is 8.59. The molecule has 6 nitrogen and oxygen atoms in total. The van der Waals surface area contributed by atoms with Gasteiger partial charge in [0, 0.05) is 23.0 Å². The molecule has 0 spiro atoms. The van der Waals surface area contributed by atoms with E-state index in [0.29, 0.717) is 34.6 Å². The summed E-state index contributed by atoms with van der Waals surface area (Å²) in [7, 11) is 0. The van der Waals surface area contributed by atoms with Gasteiger partial charge >= 0.3 is 0 Å². The topological polar surface area (TPSA) is 77.2 Å². The normalized spacial score (nSPS) is 10.8. The van der Waals surface area contributed by atoms with Gasteiger partial charge < -0.3 is 14.6 Å². The molecule has 0 saturated carbocycles. The molecular formula is C20H20ClN3O3. The summed E-state index contributed by atoms with van der Waals surface area (Å²) in [5, 5.41) is 7.39. The van der Waals surface area contributed by atoms with Gasteiger partial charge in [0.1, 0.15) is 5.75 Å². The van der Waals surface area contributed by atoms with Crippen molar-refractivity contribution in [2.24, 2.45) is 0 Å². The molecule has 27 heavy (non-hydrogen) atoms. The van der Waals surface area contributed by atoms with Crippen LogP contribution in [0.25, 0.3) is 0 Å². The summed E-state index contributed by atoms with van der Waals surface area (Å²) in [6.07, 6.45) is 0.574. The fourth-order valence-corrected chi connectivity index (χ4v) is 2.47. The number of amides is 1. The second-order valence-corrected chi connectivity index (χ2v) is 6.80. The van der Waals surface area contributed by atoms with Crippen molar-refractivity contribution in [3.63, 3.8) is 0 Å². The molecule has 0 unspecified atom stereocenters. The number of benzene rings is 2. The average molecular weight is 386 g/mol. The zero-order valence-electron chi connectivity index (χ0n) is 15.1. The van der Waals surface area contributed by atoms with E-state index < -0.39 is 0 Å². The molecule has 0 fully saturated rings. The van der Waals surface area contributed by atoms with Gasteiger partial charge in [0.05, 0.1) is 0 Å².